The van der Waals surface area contributed by atoms with Gasteiger partial charge in [0.05, 0.1) is 0 Å². The van der Waals surface area contributed by atoms with Crippen LogP contribution in [0.25, 0.3) is 5.95 Å². The van der Waals surface area contributed by atoms with Crippen molar-refractivity contribution in [3.63, 3.8) is 0 Å². The fourth-order valence-corrected chi connectivity index (χ4v) is 1.75. The van der Waals surface area contributed by atoms with Crippen LogP contribution < -0.4 is 16.6 Å². The van der Waals surface area contributed by atoms with Crippen LogP contribution in [0.4, 0.5) is 11.9 Å². The van der Waals surface area contributed by atoms with Gasteiger partial charge in [-0.1, -0.05) is 0 Å². The van der Waals surface area contributed by atoms with E-state index >= 15 is 0 Å². The summed E-state index contributed by atoms with van der Waals surface area (Å²) in [4.78, 5) is 16.6. The Morgan fingerprint density at radius 2 is 2.05 bits per heavy atom. The standard InChI is InChI=1S/C12H20N8O/c1-21-8-4-2-3-5-15-10-16-11(19-13)18-12(17-10)20-7-6-14-9-20/h6-7,9H,2-5,8,13H2,1H3,(H2,15,16,17,18,19). The Kier molecular flexibility index (Phi) is 5.85. The predicted molar refractivity (Wildman–Crippen MR) is 79.0 cm³/mol. The van der Waals surface area contributed by atoms with Gasteiger partial charge in [0.1, 0.15) is 6.33 Å². The minimum absolute atomic E-state index is 0.301. The Hall–Kier alpha value is -2.26. The van der Waals surface area contributed by atoms with Crippen molar-refractivity contribution >= 4 is 11.9 Å². The average molecular weight is 292 g/mol. The van der Waals surface area contributed by atoms with Crippen LogP contribution in [0.1, 0.15) is 19.3 Å². The SMILES string of the molecule is COCCCCCNc1nc(NN)nc(-n2ccnc2)n1. The number of hydrogen-bond donors (Lipinski definition) is 3. The summed E-state index contributed by atoms with van der Waals surface area (Å²) in [6.45, 7) is 1.57. The number of rotatable bonds is 9. The molecule has 0 fully saturated rings. The first-order valence-corrected chi connectivity index (χ1v) is 6.77. The number of aromatic nitrogens is 5. The Labute approximate surface area is 122 Å². The summed E-state index contributed by atoms with van der Waals surface area (Å²) in [6.07, 6.45) is 8.17. The molecule has 2 aromatic heterocycles. The molecule has 9 heteroatoms. The summed E-state index contributed by atoms with van der Waals surface area (Å²) in [6, 6.07) is 0. The molecule has 0 saturated carbocycles. The maximum absolute atomic E-state index is 5.38. The van der Waals surface area contributed by atoms with Crippen LogP contribution in [0.5, 0.6) is 0 Å². The number of nitrogens with two attached hydrogens (primary N) is 1. The molecule has 2 aromatic rings. The highest BCUT2D eigenvalue weighted by atomic mass is 16.5. The molecule has 2 rings (SSSR count). The van der Waals surface area contributed by atoms with Gasteiger partial charge in [0, 0.05) is 32.7 Å². The van der Waals surface area contributed by atoms with E-state index in [0.29, 0.717) is 17.8 Å². The fourth-order valence-electron chi connectivity index (χ4n) is 1.75. The summed E-state index contributed by atoms with van der Waals surface area (Å²) < 4.78 is 6.70. The molecule has 0 aliphatic rings. The molecule has 0 aliphatic carbocycles. The molecule has 0 amide bonds. The average Bonchev–Trinajstić information content (AvgIpc) is 3.05. The van der Waals surface area contributed by atoms with Crippen LogP contribution in [0.2, 0.25) is 0 Å². The van der Waals surface area contributed by atoms with Crippen molar-refractivity contribution in [2.45, 2.75) is 19.3 Å². The molecule has 0 saturated heterocycles. The third kappa shape index (κ3) is 4.65. The van der Waals surface area contributed by atoms with Crippen molar-refractivity contribution in [1.82, 2.24) is 24.5 Å². The summed E-state index contributed by atoms with van der Waals surface area (Å²) >= 11 is 0. The smallest absolute Gasteiger partial charge is 0.243 e. The van der Waals surface area contributed by atoms with Gasteiger partial charge in [-0.25, -0.2) is 10.8 Å². The van der Waals surface area contributed by atoms with Crippen molar-refractivity contribution in [1.29, 1.82) is 0 Å². The highest BCUT2D eigenvalue weighted by molar-refractivity contribution is 5.37. The van der Waals surface area contributed by atoms with Crippen LogP contribution in [0, 0.1) is 0 Å². The molecule has 114 valence electrons. The molecule has 2 heterocycles. The molecule has 0 unspecified atom stereocenters. The zero-order valence-electron chi connectivity index (χ0n) is 12.0. The van der Waals surface area contributed by atoms with Crippen LogP contribution in [0.15, 0.2) is 18.7 Å². The van der Waals surface area contributed by atoms with Crippen LogP contribution in [0.3, 0.4) is 0 Å². The first-order chi connectivity index (χ1) is 10.3. The molecule has 0 bridgehead atoms. The van der Waals surface area contributed by atoms with Gasteiger partial charge in [-0.3, -0.25) is 9.99 Å². The molecule has 0 atom stereocenters. The lowest BCUT2D eigenvalue weighted by Gasteiger charge is -2.08. The molecule has 21 heavy (non-hydrogen) atoms. The van der Waals surface area contributed by atoms with Crippen molar-refractivity contribution in [3.05, 3.63) is 18.7 Å². The van der Waals surface area contributed by atoms with Crippen molar-refractivity contribution in [2.75, 3.05) is 31.0 Å². The zero-order chi connectivity index (χ0) is 14.9. The first-order valence-electron chi connectivity index (χ1n) is 6.77. The van der Waals surface area contributed by atoms with Gasteiger partial charge in [0.15, 0.2) is 0 Å². The van der Waals surface area contributed by atoms with E-state index in [9.17, 15) is 0 Å². The van der Waals surface area contributed by atoms with Crippen LogP contribution in [-0.2, 0) is 4.74 Å². The second-order valence-electron chi connectivity index (χ2n) is 4.38. The summed E-state index contributed by atoms with van der Waals surface area (Å²) in [7, 11) is 1.71. The first kappa shape index (κ1) is 15.1. The number of hydrazine groups is 1. The molecule has 0 aliphatic heterocycles. The molecule has 0 radical (unpaired) electrons. The van der Waals surface area contributed by atoms with E-state index in [1.54, 1.807) is 30.4 Å². The number of anilines is 2. The largest absolute Gasteiger partial charge is 0.385 e. The van der Waals surface area contributed by atoms with E-state index < -0.39 is 0 Å². The Morgan fingerprint density at radius 3 is 2.76 bits per heavy atom. The minimum Gasteiger partial charge on any atom is -0.385 e. The Balaban J connectivity index is 1.94. The van der Waals surface area contributed by atoms with E-state index in [0.717, 1.165) is 32.4 Å². The predicted octanol–water partition coefficient (Wildman–Crippen LogP) is 0.572. The molecular weight excluding hydrogens is 272 g/mol. The maximum atomic E-state index is 5.38. The number of nitrogens with one attached hydrogen (secondary N) is 2. The second-order valence-corrected chi connectivity index (χ2v) is 4.38. The van der Waals surface area contributed by atoms with Crippen LogP contribution >= 0.6 is 0 Å². The Morgan fingerprint density at radius 1 is 1.19 bits per heavy atom. The summed E-state index contributed by atoms with van der Waals surface area (Å²) in [5.74, 6) is 6.62. The van der Waals surface area contributed by atoms with E-state index in [2.05, 4.69) is 30.7 Å². The highest BCUT2D eigenvalue weighted by Gasteiger charge is 2.06. The lowest BCUT2D eigenvalue weighted by molar-refractivity contribution is 0.192. The molecule has 0 aromatic carbocycles. The van der Waals surface area contributed by atoms with Gasteiger partial charge in [0.2, 0.25) is 17.8 Å². The number of nitrogen functional groups attached to an aromatic ring is 1. The van der Waals surface area contributed by atoms with Gasteiger partial charge < -0.3 is 10.1 Å². The van der Waals surface area contributed by atoms with Gasteiger partial charge >= 0.3 is 0 Å². The number of hydrogen-bond acceptors (Lipinski definition) is 8. The summed E-state index contributed by atoms with van der Waals surface area (Å²) in [5.41, 5.74) is 2.44. The third-order valence-corrected chi connectivity index (χ3v) is 2.80. The van der Waals surface area contributed by atoms with E-state index in [4.69, 9.17) is 10.6 Å². The monoisotopic (exact) mass is 292 g/mol. The van der Waals surface area contributed by atoms with E-state index in [1.165, 1.54) is 0 Å². The quantitative estimate of drug-likeness (QED) is 0.349. The van der Waals surface area contributed by atoms with Crippen LogP contribution in [-0.4, -0.2) is 44.8 Å². The number of nitrogens with zero attached hydrogens (tertiary/aromatic N) is 5. The number of methoxy groups -OCH3 is 1. The van der Waals surface area contributed by atoms with Gasteiger partial charge in [-0.05, 0) is 19.3 Å². The normalized spacial score (nSPS) is 10.6. The van der Waals surface area contributed by atoms with E-state index in [1.807, 2.05) is 0 Å². The highest BCUT2D eigenvalue weighted by Crippen LogP contribution is 2.08. The summed E-state index contributed by atoms with van der Waals surface area (Å²) in [5, 5.41) is 3.17. The molecule has 4 N–H and O–H groups in total. The van der Waals surface area contributed by atoms with Gasteiger partial charge in [-0.15, -0.1) is 0 Å². The van der Waals surface area contributed by atoms with Crippen molar-refractivity contribution in [3.8, 4) is 5.95 Å². The Bertz CT molecular complexity index is 530. The minimum atomic E-state index is 0.301. The molecule has 0 spiro atoms. The number of imidazole rings is 1. The van der Waals surface area contributed by atoms with Gasteiger partial charge in [0.25, 0.3) is 0 Å². The maximum Gasteiger partial charge on any atom is 0.243 e. The lowest BCUT2D eigenvalue weighted by atomic mass is 10.2. The second kappa shape index (κ2) is 8.12. The van der Waals surface area contributed by atoms with Crippen molar-refractivity contribution < 1.29 is 4.74 Å². The third-order valence-electron chi connectivity index (χ3n) is 2.80. The van der Waals surface area contributed by atoms with E-state index in [-0.39, 0.29) is 0 Å². The topological polar surface area (TPSA) is 116 Å². The lowest BCUT2D eigenvalue weighted by Crippen LogP contribution is -2.16. The van der Waals surface area contributed by atoms with Crippen molar-refractivity contribution in [2.24, 2.45) is 5.84 Å². The molecule has 9 nitrogen and oxygen atoms in total. The van der Waals surface area contributed by atoms with Gasteiger partial charge in [-0.2, -0.15) is 15.0 Å². The zero-order valence-corrected chi connectivity index (χ0v) is 12.0. The number of unbranched alkanes of at least 4 members (excludes halogenated alkanes) is 2. The molecular formula is C12H20N8O. The fraction of sp³-hybridized carbons (Fsp3) is 0.500. The number of ether oxygens (including phenoxy) is 1.